The van der Waals surface area contributed by atoms with Gasteiger partial charge >= 0.3 is 0 Å². The van der Waals surface area contributed by atoms with Gasteiger partial charge in [-0.25, -0.2) is 18.1 Å². The number of rotatable bonds is 6. The molecule has 0 aromatic carbocycles. The second-order valence-electron chi connectivity index (χ2n) is 4.53. The topological polar surface area (TPSA) is 86.9 Å². The molecule has 1 saturated heterocycles. The number of hydrogen-bond acceptors (Lipinski definition) is 4. The minimum atomic E-state index is -3.44. The second kappa shape index (κ2) is 5.81. The summed E-state index contributed by atoms with van der Waals surface area (Å²) in [6.07, 6.45) is 5.20. The summed E-state index contributed by atoms with van der Waals surface area (Å²) in [5, 5.41) is 3.49. The highest BCUT2D eigenvalue weighted by Gasteiger charge is 2.18. The van der Waals surface area contributed by atoms with Gasteiger partial charge in [-0.1, -0.05) is 6.92 Å². The smallest absolute Gasteiger partial charge is 0.257 e. The van der Waals surface area contributed by atoms with Crippen LogP contribution in [0.15, 0.2) is 11.2 Å². The molecule has 1 fully saturated rings. The molecule has 6 nitrogen and oxygen atoms in total. The van der Waals surface area contributed by atoms with Crippen molar-refractivity contribution in [2.24, 2.45) is 0 Å². The second-order valence-corrected chi connectivity index (χ2v) is 6.26. The lowest BCUT2D eigenvalue weighted by atomic mass is 10.2. The minimum absolute atomic E-state index is 0.152. The molecule has 0 saturated carbocycles. The number of aromatic nitrogens is 2. The van der Waals surface area contributed by atoms with E-state index < -0.39 is 10.0 Å². The molecule has 0 bridgehead atoms. The zero-order chi connectivity index (χ0) is 13.0. The van der Waals surface area contributed by atoms with Crippen molar-refractivity contribution in [3.63, 3.8) is 0 Å². The molecule has 18 heavy (non-hydrogen) atoms. The van der Waals surface area contributed by atoms with Crippen molar-refractivity contribution in [2.75, 3.05) is 13.1 Å². The molecule has 0 aliphatic carbocycles. The summed E-state index contributed by atoms with van der Waals surface area (Å²) in [6.45, 7) is 3.42. The Morgan fingerprint density at radius 3 is 3.00 bits per heavy atom. The predicted octanol–water partition coefficient (Wildman–Crippen LogP) is 0.393. The first-order valence-corrected chi connectivity index (χ1v) is 7.87. The summed E-state index contributed by atoms with van der Waals surface area (Å²) in [6, 6.07) is 0.445. The van der Waals surface area contributed by atoms with E-state index in [-0.39, 0.29) is 5.03 Å². The van der Waals surface area contributed by atoms with Crippen LogP contribution in [0.3, 0.4) is 0 Å². The third-order valence-electron chi connectivity index (χ3n) is 3.18. The molecule has 0 unspecified atom stereocenters. The maximum atomic E-state index is 11.9. The molecule has 0 spiro atoms. The van der Waals surface area contributed by atoms with E-state index in [0.29, 0.717) is 24.8 Å². The average Bonchev–Trinajstić information content (AvgIpc) is 2.99. The summed E-state index contributed by atoms with van der Waals surface area (Å²) in [4.78, 5) is 6.80. The first-order valence-electron chi connectivity index (χ1n) is 6.39. The van der Waals surface area contributed by atoms with Crippen molar-refractivity contribution < 1.29 is 8.42 Å². The lowest BCUT2D eigenvalue weighted by Gasteiger charge is -2.10. The van der Waals surface area contributed by atoms with E-state index in [1.54, 1.807) is 0 Å². The Labute approximate surface area is 108 Å². The number of sulfonamides is 1. The fourth-order valence-corrected chi connectivity index (χ4v) is 3.09. The van der Waals surface area contributed by atoms with Crippen molar-refractivity contribution in [3.05, 3.63) is 12.0 Å². The molecule has 1 aliphatic heterocycles. The molecule has 1 aromatic rings. The van der Waals surface area contributed by atoms with Gasteiger partial charge in [0, 0.05) is 19.0 Å². The van der Waals surface area contributed by atoms with E-state index in [0.717, 1.165) is 19.4 Å². The highest BCUT2D eigenvalue weighted by Crippen LogP contribution is 2.09. The van der Waals surface area contributed by atoms with E-state index in [2.05, 4.69) is 20.0 Å². The molecule has 1 aliphatic rings. The fourth-order valence-electron chi connectivity index (χ4n) is 2.11. The summed E-state index contributed by atoms with van der Waals surface area (Å²) < 4.78 is 26.5. The number of aromatic amines is 1. The van der Waals surface area contributed by atoms with Crippen LogP contribution in [-0.4, -0.2) is 37.5 Å². The summed E-state index contributed by atoms with van der Waals surface area (Å²) in [7, 11) is -3.44. The monoisotopic (exact) mass is 272 g/mol. The molecule has 7 heteroatoms. The van der Waals surface area contributed by atoms with Crippen LogP contribution >= 0.6 is 0 Å². The lowest BCUT2D eigenvalue weighted by molar-refractivity contribution is 0.538. The van der Waals surface area contributed by atoms with Gasteiger partial charge in [-0.05, 0) is 25.8 Å². The largest absolute Gasteiger partial charge is 0.332 e. The van der Waals surface area contributed by atoms with Gasteiger partial charge in [0.05, 0.1) is 6.20 Å². The van der Waals surface area contributed by atoms with Crippen LogP contribution in [-0.2, 0) is 16.4 Å². The number of nitrogens with one attached hydrogen (secondary N) is 3. The van der Waals surface area contributed by atoms with Gasteiger partial charge in [0.15, 0.2) is 5.03 Å². The minimum Gasteiger partial charge on any atom is -0.332 e. The maximum absolute atomic E-state index is 11.9. The van der Waals surface area contributed by atoms with Crippen LogP contribution in [0, 0.1) is 0 Å². The summed E-state index contributed by atoms with van der Waals surface area (Å²) in [5.74, 6) is 0.688. The number of hydrogen-bond donors (Lipinski definition) is 3. The van der Waals surface area contributed by atoms with Gasteiger partial charge in [0.25, 0.3) is 10.0 Å². The van der Waals surface area contributed by atoms with Crippen molar-refractivity contribution >= 4 is 10.0 Å². The summed E-state index contributed by atoms with van der Waals surface area (Å²) in [5.41, 5.74) is 0. The Morgan fingerprint density at radius 2 is 2.39 bits per heavy atom. The Hall–Kier alpha value is -0.920. The predicted molar refractivity (Wildman–Crippen MR) is 68.8 cm³/mol. The molecule has 1 atom stereocenters. The molecule has 1 aromatic heterocycles. The van der Waals surface area contributed by atoms with Crippen molar-refractivity contribution in [2.45, 2.75) is 43.7 Å². The van der Waals surface area contributed by atoms with Gasteiger partial charge in [-0.15, -0.1) is 0 Å². The van der Waals surface area contributed by atoms with Crippen LogP contribution in [0.25, 0.3) is 0 Å². The van der Waals surface area contributed by atoms with E-state index in [1.807, 2.05) is 6.92 Å². The Morgan fingerprint density at radius 1 is 1.56 bits per heavy atom. The van der Waals surface area contributed by atoms with E-state index in [1.165, 1.54) is 12.6 Å². The fraction of sp³-hybridized carbons (Fsp3) is 0.727. The van der Waals surface area contributed by atoms with Gasteiger partial charge < -0.3 is 10.3 Å². The average molecular weight is 272 g/mol. The number of aryl methyl sites for hydroxylation is 1. The van der Waals surface area contributed by atoms with Crippen molar-refractivity contribution in [1.29, 1.82) is 0 Å². The molecular formula is C11H20N4O2S. The number of imidazole rings is 1. The molecule has 3 N–H and O–H groups in total. The third-order valence-corrected chi connectivity index (χ3v) is 4.55. The Balaban J connectivity index is 1.86. The van der Waals surface area contributed by atoms with Gasteiger partial charge in [0.1, 0.15) is 5.82 Å². The highest BCUT2D eigenvalue weighted by molar-refractivity contribution is 7.89. The van der Waals surface area contributed by atoms with Gasteiger partial charge in [-0.2, -0.15) is 0 Å². The third kappa shape index (κ3) is 3.30. The zero-order valence-corrected chi connectivity index (χ0v) is 11.4. The standard InChI is InChI=1S/C11H20N4O2S/c1-2-10-13-8-11(15-10)18(16,17)14-7-5-9-4-3-6-12-9/h8-9,12,14H,2-7H2,1H3,(H,13,15)/t9-/m0/s1. The Kier molecular flexibility index (Phi) is 4.36. The van der Waals surface area contributed by atoms with E-state index in [4.69, 9.17) is 0 Å². The zero-order valence-electron chi connectivity index (χ0n) is 10.6. The SMILES string of the molecule is CCc1ncc(S(=O)(=O)NCC[C@@H]2CCCN2)[nH]1. The highest BCUT2D eigenvalue weighted by atomic mass is 32.2. The van der Waals surface area contributed by atoms with Crippen LogP contribution in [0.4, 0.5) is 0 Å². The van der Waals surface area contributed by atoms with Crippen LogP contribution in [0.1, 0.15) is 32.0 Å². The Bertz CT molecular complexity index is 477. The molecule has 102 valence electrons. The van der Waals surface area contributed by atoms with E-state index in [9.17, 15) is 8.42 Å². The number of nitrogens with zero attached hydrogens (tertiary/aromatic N) is 1. The van der Waals surface area contributed by atoms with E-state index >= 15 is 0 Å². The number of H-pyrrole nitrogens is 1. The quantitative estimate of drug-likeness (QED) is 0.699. The molecular weight excluding hydrogens is 252 g/mol. The van der Waals surface area contributed by atoms with Crippen LogP contribution in [0.2, 0.25) is 0 Å². The van der Waals surface area contributed by atoms with Gasteiger partial charge in [-0.3, -0.25) is 0 Å². The first-order chi connectivity index (χ1) is 8.62. The van der Waals surface area contributed by atoms with Crippen LogP contribution in [0.5, 0.6) is 0 Å². The van der Waals surface area contributed by atoms with Crippen molar-refractivity contribution in [1.82, 2.24) is 20.0 Å². The summed E-state index contributed by atoms with van der Waals surface area (Å²) >= 11 is 0. The molecule has 0 amide bonds. The lowest BCUT2D eigenvalue weighted by Crippen LogP contribution is -2.30. The maximum Gasteiger partial charge on any atom is 0.257 e. The van der Waals surface area contributed by atoms with Gasteiger partial charge in [0.2, 0.25) is 0 Å². The molecule has 2 heterocycles. The molecule has 2 rings (SSSR count). The first kappa shape index (κ1) is 13.5. The van der Waals surface area contributed by atoms with Crippen LogP contribution < -0.4 is 10.0 Å². The van der Waals surface area contributed by atoms with Crippen molar-refractivity contribution in [3.8, 4) is 0 Å². The molecule has 0 radical (unpaired) electrons. The normalized spacial score (nSPS) is 20.4.